The van der Waals surface area contributed by atoms with Crippen LogP contribution in [-0.4, -0.2) is 47.9 Å². The lowest BCUT2D eigenvalue weighted by molar-refractivity contribution is 0.0799. The number of Topliss-reactive ketones (excluding diaryl/α,β-unsaturated/α-hetero) is 1. The van der Waals surface area contributed by atoms with E-state index in [1.165, 1.54) is 0 Å². The van der Waals surface area contributed by atoms with Gasteiger partial charge >= 0.3 is 0 Å². The van der Waals surface area contributed by atoms with Gasteiger partial charge in [0.1, 0.15) is 5.75 Å². The minimum Gasteiger partial charge on any atom is -0.497 e. The van der Waals surface area contributed by atoms with Crippen molar-refractivity contribution in [2.45, 2.75) is 25.9 Å². The molecule has 0 saturated carbocycles. The van der Waals surface area contributed by atoms with E-state index in [0.29, 0.717) is 6.04 Å². The van der Waals surface area contributed by atoms with Crippen molar-refractivity contribution in [2.75, 3.05) is 25.2 Å². The van der Waals surface area contributed by atoms with Crippen LogP contribution in [0.15, 0.2) is 24.3 Å². The second-order valence-electron chi connectivity index (χ2n) is 4.93. The number of benzene rings is 1. The molecule has 1 saturated heterocycles. The Balaban J connectivity index is 2.08. The molecule has 2 rings (SSSR count). The zero-order chi connectivity index (χ0) is 13.8. The van der Waals surface area contributed by atoms with Gasteiger partial charge in [-0.2, -0.15) is 11.8 Å². The van der Waals surface area contributed by atoms with Gasteiger partial charge < -0.3 is 4.74 Å². The van der Waals surface area contributed by atoms with Gasteiger partial charge in [0.25, 0.3) is 0 Å². The molecule has 0 spiro atoms. The number of hydrogen-bond donors (Lipinski definition) is 0. The van der Waals surface area contributed by atoms with Gasteiger partial charge in [-0.15, -0.1) is 0 Å². The summed E-state index contributed by atoms with van der Waals surface area (Å²) in [7, 11) is 1.63. The van der Waals surface area contributed by atoms with Crippen LogP contribution < -0.4 is 4.74 Å². The Kier molecular flexibility index (Phi) is 4.88. The largest absolute Gasteiger partial charge is 0.497 e. The summed E-state index contributed by atoms with van der Waals surface area (Å²) in [6, 6.07) is 7.80. The highest BCUT2D eigenvalue weighted by Gasteiger charge is 2.28. The summed E-state index contributed by atoms with van der Waals surface area (Å²) < 4.78 is 5.12. The molecule has 1 aliphatic heterocycles. The maximum atomic E-state index is 12.5. The number of nitrogens with zero attached hydrogens (tertiary/aromatic N) is 1. The van der Waals surface area contributed by atoms with Crippen LogP contribution in [0.2, 0.25) is 0 Å². The highest BCUT2D eigenvalue weighted by Crippen LogP contribution is 2.21. The maximum absolute atomic E-state index is 12.5. The number of ketones is 1. The van der Waals surface area contributed by atoms with E-state index in [4.69, 9.17) is 4.74 Å². The number of carbonyl (C=O) groups is 1. The third kappa shape index (κ3) is 3.31. The van der Waals surface area contributed by atoms with E-state index < -0.39 is 0 Å². The summed E-state index contributed by atoms with van der Waals surface area (Å²) in [6.07, 6.45) is 0. The lowest BCUT2D eigenvalue weighted by Gasteiger charge is -2.36. The number of thioether (sulfide) groups is 1. The molecule has 1 aliphatic rings. The Labute approximate surface area is 119 Å². The van der Waals surface area contributed by atoms with Gasteiger partial charge in [-0.05, 0) is 38.1 Å². The monoisotopic (exact) mass is 279 g/mol. The van der Waals surface area contributed by atoms with Crippen molar-refractivity contribution in [3.05, 3.63) is 29.8 Å². The topological polar surface area (TPSA) is 29.5 Å². The molecule has 1 aromatic carbocycles. The van der Waals surface area contributed by atoms with Gasteiger partial charge in [0.2, 0.25) is 0 Å². The summed E-state index contributed by atoms with van der Waals surface area (Å²) in [6.45, 7) is 5.21. The van der Waals surface area contributed by atoms with Crippen molar-refractivity contribution in [1.82, 2.24) is 4.90 Å². The first-order chi connectivity index (χ1) is 9.13. The van der Waals surface area contributed by atoms with Crippen LogP contribution in [0, 0.1) is 0 Å². The Hall–Kier alpha value is -1.00. The minimum atomic E-state index is -0.0516. The SMILES string of the molecule is COc1ccc(C(=O)C(C)N2CCSCC2C)cc1. The van der Waals surface area contributed by atoms with Gasteiger partial charge in [0, 0.05) is 29.7 Å². The molecule has 0 radical (unpaired) electrons. The lowest BCUT2D eigenvalue weighted by Crippen LogP contribution is -2.49. The molecule has 19 heavy (non-hydrogen) atoms. The number of carbonyl (C=O) groups excluding carboxylic acids is 1. The normalized spacial score (nSPS) is 21.9. The molecule has 1 heterocycles. The summed E-state index contributed by atoms with van der Waals surface area (Å²) in [5.41, 5.74) is 0.763. The maximum Gasteiger partial charge on any atom is 0.179 e. The molecule has 0 bridgehead atoms. The van der Waals surface area contributed by atoms with Gasteiger partial charge in [-0.25, -0.2) is 0 Å². The van der Waals surface area contributed by atoms with Gasteiger partial charge in [0.05, 0.1) is 13.2 Å². The molecule has 3 nitrogen and oxygen atoms in total. The van der Waals surface area contributed by atoms with Crippen LogP contribution in [0.3, 0.4) is 0 Å². The number of ether oxygens (including phenoxy) is 1. The first kappa shape index (κ1) is 14.4. The van der Waals surface area contributed by atoms with Crippen LogP contribution in [0.25, 0.3) is 0 Å². The smallest absolute Gasteiger partial charge is 0.179 e. The van der Waals surface area contributed by atoms with Crippen LogP contribution in [0.5, 0.6) is 5.75 Å². The number of hydrogen-bond acceptors (Lipinski definition) is 4. The predicted molar refractivity (Wildman–Crippen MR) is 80.3 cm³/mol. The molecular formula is C15H21NO2S. The fourth-order valence-electron chi connectivity index (χ4n) is 2.46. The first-order valence-corrected chi connectivity index (χ1v) is 7.80. The Morgan fingerprint density at radius 1 is 1.42 bits per heavy atom. The predicted octanol–water partition coefficient (Wildman–Crippen LogP) is 2.70. The zero-order valence-corrected chi connectivity index (χ0v) is 12.6. The molecule has 1 aromatic rings. The highest BCUT2D eigenvalue weighted by molar-refractivity contribution is 7.99. The third-order valence-electron chi connectivity index (χ3n) is 3.67. The van der Waals surface area contributed by atoms with Gasteiger partial charge in [-0.1, -0.05) is 0 Å². The fourth-order valence-corrected chi connectivity index (χ4v) is 3.50. The standard InChI is InChI=1S/C15H21NO2S/c1-11-10-19-9-8-16(11)12(2)15(17)13-4-6-14(18-3)7-5-13/h4-7,11-12H,8-10H2,1-3H3. The first-order valence-electron chi connectivity index (χ1n) is 6.65. The number of rotatable bonds is 4. The molecule has 2 atom stereocenters. The summed E-state index contributed by atoms with van der Waals surface area (Å²) >= 11 is 1.97. The van der Waals surface area contributed by atoms with E-state index in [9.17, 15) is 4.79 Å². The van der Waals surface area contributed by atoms with Gasteiger partial charge in [-0.3, -0.25) is 9.69 Å². The van der Waals surface area contributed by atoms with Crippen LogP contribution in [0.1, 0.15) is 24.2 Å². The molecular weight excluding hydrogens is 258 g/mol. The average molecular weight is 279 g/mol. The summed E-state index contributed by atoms with van der Waals surface area (Å²) in [5.74, 6) is 3.21. The molecule has 0 aromatic heterocycles. The highest BCUT2D eigenvalue weighted by atomic mass is 32.2. The van der Waals surface area contributed by atoms with Crippen LogP contribution >= 0.6 is 11.8 Å². The van der Waals surface area contributed by atoms with Crippen molar-refractivity contribution in [1.29, 1.82) is 0 Å². The fraction of sp³-hybridized carbons (Fsp3) is 0.533. The summed E-state index contributed by atoms with van der Waals surface area (Å²) in [4.78, 5) is 14.8. The van der Waals surface area contributed by atoms with Crippen molar-refractivity contribution < 1.29 is 9.53 Å². The number of methoxy groups -OCH3 is 1. The Bertz CT molecular complexity index is 432. The Morgan fingerprint density at radius 3 is 2.68 bits per heavy atom. The molecule has 0 N–H and O–H groups in total. The van der Waals surface area contributed by atoms with E-state index in [1.807, 2.05) is 43.0 Å². The van der Waals surface area contributed by atoms with Gasteiger partial charge in [0.15, 0.2) is 5.78 Å². The second kappa shape index (κ2) is 6.44. The quantitative estimate of drug-likeness (QED) is 0.793. The third-order valence-corrected chi connectivity index (χ3v) is 4.86. The lowest BCUT2D eigenvalue weighted by atomic mass is 10.0. The summed E-state index contributed by atoms with van der Waals surface area (Å²) in [5, 5.41) is 0. The van der Waals surface area contributed by atoms with E-state index >= 15 is 0 Å². The molecule has 2 unspecified atom stereocenters. The average Bonchev–Trinajstić information content (AvgIpc) is 2.46. The van der Waals surface area contributed by atoms with E-state index in [0.717, 1.165) is 29.4 Å². The van der Waals surface area contributed by atoms with Crippen molar-refractivity contribution in [2.24, 2.45) is 0 Å². The van der Waals surface area contributed by atoms with E-state index in [-0.39, 0.29) is 11.8 Å². The van der Waals surface area contributed by atoms with Crippen LogP contribution in [-0.2, 0) is 0 Å². The molecule has 104 valence electrons. The molecule has 0 amide bonds. The Morgan fingerprint density at radius 2 is 2.11 bits per heavy atom. The second-order valence-corrected chi connectivity index (χ2v) is 6.08. The van der Waals surface area contributed by atoms with E-state index in [1.54, 1.807) is 7.11 Å². The van der Waals surface area contributed by atoms with Crippen molar-refractivity contribution in [3.63, 3.8) is 0 Å². The van der Waals surface area contributed by atoms with E-state index in [2.05, 4.69) is 11.8 Å². The minimum absolute atomic E-state index is 0.0516. The van der Waals surface area contributed by atoms with Crippen molar-refractivity contribution in [3.8, 4) is 5.75 Å². The zero-order valence-electron chi connectivity index (χ0n) is 11.8. The van der Waals surface area contributed by atoms with Crippen molar-refractivity contribution >= 4 is 17.5 Å². The molecule has 1 fully saturated rings. The molecule has 0 aliphatic carbocycles. The molecule has 4 heteroatoms. The van der Waals surface area contributed by atoms with Crippen LogP contribution in [0.4, 0.5) is 0 Å².